The molecule has 0 heterocycles. The smallest absolute Gasteiger partial charge is 0.303 e. The molecule has 198 valence electrons. The molecule has 0 aliphatic heterocycles. The average Bonchev–Trinajstić information content (AvgIpc) is 3.04. The van der Waals surface area contributed by atoms with Gasteiger partial charge in [-0.2, -0.15) is 0 Å². The minimum Gasteiger partial charge on any atom is -0.481 e. The summed E-state index contributed by atoms with van der Waals surface area (Å²) in [5, 5.41) is 20.8. The first kappa shape index (κ1) is 26.9. The van der Waals surface area contributed by atoms with Crippen LogP contribution in [0, 0.1) is 40.9 Å². The number of carbonyl (C=O) groups excluding carboxylic acids is 1. The molecule has 0 aromatic rings. The fourth-order valence-corrected chi connectivity index (χ4v) is 9.39. The molecule has 3 saturated carbocycles. The maximum absolute atomic E-state index is 12.1. The number of carboxylic acids is 1. The quantitative estimate of drug-likeness (QED) is 0.300. The summed E-state index contributed by atoms with van der Waals surface area (Å²) in [4.78, 5) is 22.7. The van der Waals surface area contributed by atoms with Gasteiger partial charge in [0.25, 0.3) is 0 Å². The SMILES string of the molecule is C[C@@H]1CC2=CC(=O)CC[C@@H]2[C@@H]2[C@@H]1[C@@H]1CC[C@@](O)(CCCCCCCCCCC(=O)O)[C@@]1(C)C[C@@H]2C. The zero-order valence-corrected chi connectivity index (χ0v) is 22.6. The lowest BCUT2D eigenvalue weighted by molar-refractivity contribution is -0.148. The van der Waals surface area contributed by atoms with E-state index in [0.717, 1.165) is 64.2 Å². The number of aliphatic hydroxyl groups is 1. The van der Waals surface area contributed by atoms with Crippen LogP contribution in [-0.4, -0.2) is 27.6 Å². The van der Waals surface area contributed by atoms with Crippen molar-refractivity contribution >= 4 is 11.8 Å². The van der Waals surface area contributed by atoms with E-state index < -0.39 is 11.6 Å². The molecule has 35 heavy (non-hydrogen) atoms. The number of hydrogen-bond donors (Lipinski definition) is 2. The minimum absolute atomic E-state index is 0.0255. The minimum atomic E-state index is -0.682. The van der Waals surface area contributed by atoms with Crippen LogP contribution in [0.15, 0.2) is 11.6 Å². The zero-order chi connectivity index (χ0) is 25.2. The monoisotopic (exact) mass is 486 g/mol. The van der Waals surface area contributed by atoms with Crippen molar-refractivity contribution in [3.8, 4) is 0 Å². The van der Waals surface area contributed by atoms with Crippen LogP contribution < -0.4 is 0 Å². The lowest BCUT2D eigenvalue weighted by atomic mass is 9.45. The Labute approximate surface area is 213 Å². The highest BCUT2D eigenvalue weighted by Gasteiger charge is 2.64. The molecule has 0 aromatic heterocycles. The number of fused-ring (bicyclic) bond motifs is 5. The van der Waals surface area contributed by atoms with Crippen molar-refractivity contribution in [2.45, 2.75) is 129 Å². The number of rotatable bonds is 11. The van der Waals surface area contributed by atoms with Crippen molar-refractivity contribution in [2.24, 2.45) is 40.9 Å². The van der Waals surface area contributed by atoms with E-state index in [1.807, 2.05) is 6.08 Å². The molecule has 4 rings (SSSR count). The third kappa shape index (κ3) is 5.43. The maximum atomic E-state index is 12.1. The highest BCUT2D eigenvalue weighted by molar-refractivity contribution is 5.91. The molecule has 0 spiro atoms. The van der Waals surface area contributed by atoms with E-state index in [-0.39, 0.29) is 5.41 Å². The zero-order valence-electron chi connectivity index (χ0n) is 22.6. The van der Waals surface area contributed by atoms with Gasteiger partial charge in [-0.25, -0.2) is 0 Å². The Balaban J connectivity index is 1.30. The summed E-state index contributed by atoms with van der Waals surface area (Å²) < 4.78 is 0. The van der Waals surface area contributed by atoms with Crippen molar-refractivity contribution in [3.63, 3.8) is 0 Å². The number of carboxylic acid groups (broad SMARTS) is 1. The summed E-state index contributed by atoms with van der Waals surface area (Å²) in [5.74, 6) is 3.47. The van der Waals surface area contributed by atoms with Crippen LogP contribution in [0.5, 0.6) is 0 Å². The molecule has 0 bridgehead atoms. The maximum Gasteiger partial charge on any atom is 0.303 e. The van der Waals surface area contributed by atoms with Crippen molar-refractivity contribution in [1.29, 1.82) is 0 Å². The van der Waals surface area contributed by atoms with Crippen LogP contribution in [-0.2, 0) is 9.59 Å². The number of allylic oxidation sites excluding steroid dienone is 1. The van der Waals surface area contributed by atoms with E-state index >= 15 is 0 Å². The van der Waals surface area contributed by atoms with Gasteiger partial charge < -0.3 is 10.2 Å². The van der Waals surface area contributed by atoms with Crippen LogP contribution in [0.1, 0.15) is 124 Å². The number of unbranched alkanes of at least 4 members (excludes halogenated alkanes) is 7. The Morgan fingerprint density at radius 1 is 0.971 bits per heavy atom. The van der Waals surface area contributed by atoms with Gasteiger partial charge in [0.1, 0.15) is 0 Å². The van der Waals surface area contributed by atoms with Crippen molar-refractivity contribution in [1.82, 2.24) is 0 Å². The fraction of sp³-hybridized carbons (Fsp3) is 0.871. The first-order valence-electron chi connectivity index (χ1n) is 14.8. The molecule has 3 fully saturated rings. The van der Waals surface area contributed by atoms with E-state index in [4.69, 9.17) is 5.11 Å². The molecule has 2 N–H and O–H groups in total. The Morgan fingerprint density at radius 3 is 2.31 bits per heavy atom. The molecule has 0 saturated heterocycles. The van der Waals surface area contributed by atoms with Gasteiger partial charge in [0.05, 0.1) is 5.60 Å². The summed E-state index contributed by atoms with van der Waals surface area (Å²) in [5.41, 5.74) is 0.949. The lowest BCUT2D eigenvalue weighted by Crippen LogP contribution is -2.57. The standard InChI is InChI=1S/C31H50O4/c1-21-18-23-19-24(32)13-14-25(23)28-22(2)20-30(3)26(29(21)28)15-17-31(30,35)16-11-9-7-5-4-6-8-10-12-27(33)34/h19,21-22,25-26,28-29,35H,4-18,20H2,1-3H3,(H,33,34)/t21-,22+,25+,26+,28-,29+,30+,31+/m1/s1. The molecule has 4 nitrogen and oxygen atoms in total. The van der Waals surface area contributed by atoms with Gasteiger partial charge >= 0.3 is 5.97 Å². The van der Waals surface area contributed by atoms with Crippen LogP contribution >= 0.6 is 0 Å². The Morgan fingerprint density at radius 2 is 1.63 bits per heavy atom. The van der Waals surface area contributed by atoms with E-state index in [1.165, 1.54) is 37.7 Å². The van der Waals surface area contributed by atoms with Crippen LogP contribution in [0.3, 0.4) is 0 Å². The lowest BCUT2D eigenvalue weighted by Gasteiger charge is -2.60. The summed E-state index contributed by atoms with van der Waals surface area (Å²) >= 11 is 0. The summed E-state index contributed by atoms with van der Waals surface area (Å²) in [6, 6.07) is 0. The first-order valence-corrected chi connectivity index (χ1v) is 14.8. The molecule has 0 amide bonds. The van der Waals surface area contributed by atoms with Crippen LogP contribution in [0.25, 0.3) is 0 Å². The molecule has 4 heteroatoms. The van der Waals surface area contributed by atoms with Gasteiger partial charge in [0.15, 0.2) is 5.78 Å². The van der Waals surface area contributed by atoms with E-state index in [9.17, 15) is 14.7 Å². The van der Waals surface area contributed by atoms with Gasteiger partial charge in [-0.3, -0.25) is 9.59 Å². The predicted molar refractivity (Wildman–Crippen MR) is 140 cm³/mol. The number of ketones is 1. The Kier molecular flexibility index (Phi) is 8.51. The van der Waals surface area contributed by atoms with Crippen molar-refractivity contribution in [3.05, 3.63) is 11.6 Å². The highest BCUT2D eigenvalue weighted by Crippen LogP contribution is 2.68. The molecular weight excluding hydrogens is 436 g/mol. The highest BCUT2D eigenvalue weighted by atomic mass is 16.4. The van der Waals surface area contributed by atoms with E-state index in [0.29, 0.717) is 47.7 Å². The molecule has 4 aliphatic rings. The molecular formula is C31H50O4. The Bertz CT molecular complexity index is 802. The molecule has 0 unspecified atom stereocenters. The van der Waals surface area contributed by atoms with Gasteiger partial charge in [-0.15, -0.1) is 0 Å². The summed E-state index contributed by atoms with van der Waals surface area (Å²) in [6.07, 6.45) is 18.3. The van der Waals surface area contributed by atoms with Gasteiger partial charge in [-0.1, -0.05) is 71.3 Å². The molecule has 8 atom stereocenters. The second-order valence-electron chi connectivity index (χ2n) is 13.2. The number of hydrogen-bond acceptors (Lipinski definition) is 3. The topological polar surface area (TPSA) is 74.6 Å². The van der Waals surface area contributed by atoms with Crippen molar-refractivity contribution < 1.29 is 19.8 Å². The van der Waals surface area contributed by atoms with Gasteiger partial charge in [-0.05, 0) is 91.9 Å². The largest absolute Gasteiger partial charge is 0.481 e. The summed E-state index contributed by atoms with van der Waals surface area (Å²) in [6.45, 7) is 7.29. The van der Waals surface area contributed by atoms with Crippen LogP contribution in [0.2, 0.25) is 0 Å². The normalized spacial score (nSPS) is 40.6. The number of carbonyl (C=O) groups is 2. The fourth-order valence-electron chi connectivity index (χ4n) is 9.39. The summed E-state index contributed by atoms with van der Waals surface area (Å²) in [7, 11) is 0. The Hall–Kier alpha value is -1.16. The van der Waals surface area contributed by atoms with Crippen molar-refractivity contribution in [2.75, 3.05) is 0 Å². The van der Waals surface area contributed by atoms with Crippen LogP contribution in [0.4, 0.5) is 0 Å². The van der Waals surface area contributed by atoms with Gasteiger partial charge in [0, 0.05) is 12.8 Å². The van der Waals surface area contributed by atoms with E-state index in [2.05, 4.69) is 20.8 Å². The predicted octanol–water partition coefficient (Wildman–Crippen LogP) is 7.34. The third-order valence-electron chi connectivity index (χ3n) is 11.0. The molecule has 0 radical (unpaired) electrons. The molecule has 0 aromatic carbocycles. The number of aliphatic carboxylic acids is 1. The second-order valence-corrected chi connectivity index (χ2v) is 13.2. The third-order valence-corrected chi connectivity index (χ3v) is 11.0. The second kappa shape index (κ2) is 11.1. The first-order chi connectivity index (χ1) is 16.7. The van der Waals surface area contributed by atoms with E-state index in [1.54, 1.807) is 0 Å². The average molecular weight is 487 g/mol. The van der Waals surface area contributed by atoms with Gasteiger partial charge in [0.2, 0.25) is 0 Å². The molecule has 4 aliphatic carbocycles.